The molecule has 0 amide bonds. The van der Waals surface area contributed by atoms with Gasteiger partial charge in [0.1, 0.15) is 0 Å². The van der Waals surface area contributed by atoms with Crippen LogP contribution in [0, 0.1) is 0 Å². The number of thiol groups is 1. The Morgan fingerprint density at radius 2 is 2.15 bits per heavy atom. The fourth-order valence-corrected chi connectivity index (χ4v) is 3.45. The first-order valence-corrected chi connectivity index (χ1v) is 9.00. The Labute approximate surface area is 155 Å². The van der Waals surface area contributed by atoms with E-state index in [4.69, 9.17) is 0 Å². The first-order valence-electron chi connectivity index (χ1n) is 8.49. The van der Waals surface area contributed by atoms with Crippen LogP contribution in [0.3, 0.4) is 0 Å². The summed E-state index contributed by atoms with van der Waals surface area (Å²) in [5.74, 6) is 0. The predicted octanol–water partition coefficient (Wildman–Crippen LogP) is 4.96. The van der Waals surface area contributed by atoms with E-state index in [1.54, 1.807) is 12.3 Å². The Morgan fingerprint density at radius 1 is 1.31 bits per heavy atom. The zero-order chi connectivity index (χ0) is 18.3. The molecular weight excluding hydrogens is 354 g/mol. The Balaban J connectivity index is 1.83. The van der Waals surface area contributed by atoms with Crippen molar-refractivity contribution in [2.45, 2.75) is 31.6 Å². The predicted molar refractivity (Wildman–Crippen MR) is 102 cm³/mol. The van der Waals surface area contributed by atoms with Crippen molar-refractivity contribution >= 4 is 29.2 Å². The third-order valence-corrected chi connectivity index (χ3v) is 4.93. The molecule has 7 heteroatoms. The molecule has 3 aromatic rings. The summed E-state index contributed by atoms with van der Waals surface area (Å²) in [6.07, 6.45) is 9.22. The third-order valence-electron chi connectivity index (χ3n) is 4.54. The van der Waals surface area contributed by atoms with E-state index < -0.39 is 6.55 Å². The maximum atomic E-state index is 13.4. The van der Waals surface area contributed by atoms with E-state index >= 15 is 0 Å². The molecular formula is C19H18F2N4S. The number of nitrogens with zero attached hydrogens (tertiary/aromatic N) is 4. The minimum Gasteiger partial charge on any atom is -0.233 e. The molecule has 0 saturated heterocycles. The Hall–Kier alpha value is -2.41. The number of rotatable bonds is 4. The van der Waals surface area contributed by atoms with Crippen LogP contribution < -0.4 is 0 Å². The van der Waals surface area contributed by atoms with Gasteiger partial charge in [-0.2, -0.15) is 31.6 Å². The standard InChI is InChI=1S/C19H18F2N4S/c1-2-16-15-8-3-12(11-18(15)25(23-16)19(20)21)17-9-10-22-24(17)13-4-6-14(26)7-5-13/h3-6,8-11,14,19,26H,2,7H2,1H3. The summed E-state index contributed by atoms with van der Waals surface area (Å²) in [7, 11) is 0. The van der Waals surface area contributed by atoms with Crippen molar-refractivity contribution in [2.75, 3.05) is 0 Å². The van der Waals surface area contributed by atoms with Gasteiger partial charge in [0.15, 0.2) is 0 Å². The molecule has 134 valence electrons. The van der Waals surface area contributed by atoms with Gasteiger partial charge in [0.25, 0.3) is 0 Å². The molecule has 0 saturated carbocycles. The molecule has 0 N–H and O–H groups in total. The van der Waals surface area contributed by atoms with Crippen LogP contribution in [-0.4, -0.2) is 24.8 Å². The van der Waals surface area contributed by atoms with Gasteiger partial charge in [0.2, 0.25) is 0 Å². The van der Waals surface area contributed by atoms with Crippen molar-refractivity contribution in [1.82, 2.24) is 19.6 Å². The van der Waals surface area contributed by atoms with Crippen molar-refractivity contribution in [1.29, 1.82) is 0 Å². The van der Waals surface area contributed by atoms with Crippen molar-refractivity contribution < 1.29 is 8.78 Å². The van der Waals surface area contributed by atoms with Gasteiger partial charge in [0.05, 0.1) is 28.8 Å². The van der Waals surface area contributed by atoms with Crippen LogP contribution in [0.25, 0.3) is 27.9 Å². The van der Waals surface area contributed by atoms with Crippen LogP contribution in [0.15, 0.2) is 48.7 Å². The first-order chi connectivity index (χ1) is 12.6. The highest BCUT2D eigenvalue weighted by molar-refractivity contribution is 7.81. The van der Waals surface area contributed by atoms with Crippen LogP contribution in [0.4, 0.5) is 8.78 Å². The second kappa shape index (κ2) is 6.72. The lowest BCUT2D eigenvalue weighted by Crippen LogP contribution is -2.05. The van der Waals surface area contributed by atoms with Crippen LogP contribution in [0.2, 0.25) is 0 Å². The third kappa shape index (κ3) is 2.86. The monoisotopic (exact) mass is 372 g/mol. The Bertz CT molecular complexity index is 1020. The lowest BCUT2D eigenvalue weighted by Gasteiger charge is -2.14. The maximum absolute atomic E-state index is 13.4. The highest BCUT2D eigenvalue weighted by Crippen LogP contribution is 2.31. The van der Waals surface area contributed by atoms with Crippen LogP contribution in [0.1, 0.15) is 25.6 Å². The zero-order valence-electron chi connectivity index (χ0n) is 14.2. The molecule has 4 rings (SSSR count). The molecule has 2 heterocycles. The number of aromatic nitrogens is 4. The van der Waals surface area contributed by atoms with Crippen LogP contribution >= 0.6 is 12.6 Å². The van der Waals surface area contributed by atoms with E-state index in [-0.39, 0.29) is 5.25 Å². The quantitative estimate of drug-likeness (QED) is 0.657. The Morgan fingerprint density at radius 3 is 2.85 bits per heavy atom. The largest absolute Gasteiger partial charge is 0.333 e. The summed E-state index contributed by atoms with van der Waals surface area (Å²) in [5.41, 5.74) is 3.73. The molecule has 1 atom stereocenters. The molecule has 0 bridgehead atoms. The second-order valence-electron chi connectivity index (χ2n) is 6.17. The average molecular weight is 372 g/mol. The molecule has 0 radical (unpaired) electrons. The number of benzene rings is 1. The molecule has 26 heavy (non-hydrogen) atoms. The molecule has 0 spiro atoms. The second-order valence-corrected chi connectivity index (χ2v) is 6.84. The van der Waals surface area contributed by atoms with Gasteiger partial charge in [-0.3, -0.25) is 0 Å². The van der Waals surface area contributed by atoms with Crippen molar-refractivity contribution in [3.63, 3.8) is 0 Å². The number of halogens is 2. The SMILES string of the molecule is CCc1nn(C(F)F)c2cc(-c3ccnn3C3=CCC(S)C=C3)ccc12. The van der Waals surface area contributed by atoms with E-state index in [0.29, 0.717) is 17.6 Å². The smallest absolute Gasteiger partial charge is 0.233 e. The number of hydrogen-bond donors (Lipinski definition) is 1. The number of fused-ring (bicyclic) bond motifs is 1. The molecule has 1 aliphatic rings. The summed E-state index contributed by atoms with van der Waals surface area (Å²) in [6.45, 7) is -0.758. The van der Waals surface area contributed by atoms with Gasteiger partial charge in [-0.05, 0) is 31.1 Å². The lowest BCUT2D eigenvalue weighted by atomic mass is 10.1. The van der Waals surface area contributed by atoms with Gasteiger partial charge in [-0.25, -0.2) is 9.36 Å². The van der Waals surface area contributed by atoms with E-state index in [9.17, 15) is 8.78 Å². The lowest BCUT2D eigenvalue weighted by molar-refractivity contribution is 0.0611. The molecule has 2 aromatic heterocycles. The van der Waals surface area contributed by atoms with Gasteiger partial charge >= 0.3 is 6.55 Å². The van der Waals surface area contributed by atoms with Crippen LogP contribution in [0.5, 0.6) is 0 Å². The fourth-order valence-electron chi connectivity index (χ4n) is 3.25. The molecule has 1 unspecified atom stereocenters. The number of allylic oxidation sites excluding steroid dienone is 3. The summed E-state index contributed by atoms with van der Waals surface area (Å²) in [6, 6.07) is 7.44. The number of hydrogen-bond acceptors (Lipinski definition) is 3. The normalized spacial score (nSPS) is 17.3. The van der Waals surface area contributed by atoms with Crippen LogP contribution in [-0.2, 0) is 6.42 Å². The molecule has 1 aliphatic carbocycles. The summed E-state index contributed by atoms with van der Waals surface area (Å²) in [5, 5.41) is 9.44. The van der Waals surface area contributed by atoms with Crippen molar-refractivity contribution in [3.05, 3.63) is 54.4 Å². The number of alkyl halides is 2. The average Bonchev–Trinajstić information content (AvgIpc) is 3.26. The van der Waals surface area contributed by atoms with Gasteiger partial charge in [-0.1, -0.05) is 31.2 Å². The van der Waals surface area contributed by atoms with E-state index in [1.807, 2.05) is 42.0 Å². The highest BCUT2D eigenvalue weighted by atomic mass is 32.1. The minimum absolute atomic E-state index is 0.210. The molecule has 0 fully saturated rings. The summed E-state index contributed by atoms with van der Waals surface area (Å²) >= 11 is 4.44. The zero-order valence-corrected chi connectivity index (χ0v) is 15.1. The van der Waals surface area contributed by atoms with Gasteiger partial charge in [0, 0.05) is 16.2 Å². The van der Waals surface area contributed by atoms with Crippen molar-refractivity contribution in [2.24, 2.45) is 0 Å². The van der Waals surface area contributed by atoms with Gasteiger partial charge in [-0.15, -0.1) is 0 Å². The van der Waals surface area contributed by atoms with E-state index in [2.05, 4.69) is 28.9 Å². The highest BCUT2D eigenvalue weighted by Gasteiger charge is 2.18. The minimum atomic E-state index is -2.67. The first kappa shape index (κ1) is 17.0. The summed E-state index contributed by atoms with van der Waals surface area (Å²) in [4.78, 5) is 0. The Kier molecular flexibility index (Phi) is 4.40. The molecule has 0 aliphatic heterocycles. The van der Waals surface area contributed by atoms with Crippen molar-refractivity contribution in [3.8, 4) is 11.3 Å². The maximum Gasteiger partial charge on any atom is 0.333 e. The number of aryl methyl sites for hydroxylation is 1. The van der Waals surface area contributed by atoms with E-state index in [1.165, 1.54) is 0 Å². The summed E-state index contributed by atoms with van der Waals surface area (Å²) < 4.78 is 29.4. The topological polar surface area (TPSA) is 35.6 Å². The fraction of sp³-hybridized carbons (Fsp3) is 0.263. The molecule has 4 nitrogen and oxygen atoms in total. The molecule has 1 aromatic carbocycles. The van der Waals surface area contributed by atoms with E-state index in [0.717, 1.165) is 33.4 Å². The van der Waals surface area contributed by atoms with Gasteiger partial charge < -0.3 is 0 Å².